The number of rotatable bonds is 6. The molecule has 152 valence electrons. The number of carbonyl (C=O) groups excluding carboxylic acids is 2. The van der Waals surface area contributed by atoms with Crippen LogP contribution in [0.2, 0.25) is 0 Å². The van der Waals surface area contributed by atoms with Gasteiger partial charge in [0.05, 0.1) is 6.04 Å². The average molecular weight is 387 g/mol. The SMILES string of the molecule is O=C(NCc1ccc(F)cc1)[C@H](C1CCCC1)N1CCN(C(=O)C2CC2)CC1. The number of piperazine rings is 1. The summed E-state index contributed by atoms with van der Waals surface area (Å²) < 4.78 is 13.1. The monoisotopic (exact) mass is 387 g/mol. The van der Waals surface area contributed by atoms with Crippen molar-refractivity contribution in [1.29, 1.82) is 0 Å². The lowest BCUT2D eigenvalue weighted by molar-refractivity contribution is -0.136. The maximum Gasteiger partial charge on any atom is 0.237 e. The number of nitrogens with zero attached hydrogens (tertiary/aromatic N) is 2. The van der Waals surface area contributed by atoms with Crippen LogP contribution in [0, 0.1) is 17.7 Å². The van der Waals surface area contributed by atoms with Crippen LogP contribution >= 0.6 is 0 Å². The summed E-state index contributed by atoms with van der Waals surface area (Å²) in [6.45, 7) is 3.41. The number of nitrogens with one attached hydrogen (secondary N) is 1. The first-order valence-electron chi connectivity index (χ1n) is 10.7. The zero-order valence-electron chi connectivity index (χ0n) is 16.4. The minimum atomic E-state index is -0.266. The second-order valence-electron chi connectivity index (χ2n) is 8.47. The Morgan fingerprint density at radius 3 is 2.25 bits per heavy atom. The van der Waals surface area contributed by atoms with Crippen LogP contribution < -0.4 is 5.32 Å². The van der Waals surface area contributed by atoms with Gasteiger partial charge in [-0.3, -0.25) is 14.5 Å². The van der Waals surface area contributed by atoms with Gasteiger partial charge in [0.15, 0.2) is 0 Å². The molecule has 1 aromatic rings. The summed E-state index contributed by atoms with van der Waals surface area (Å²) in [5.41, 5.74) is 0.903. The first-order chi connectivity index (χ1) is 13.6. The van der Waals surface area contributed by atoms with Crippen molar-refractivity contribution in [3.05, 3.63) is 35.6 Å². The van der Waals surface area contributed by atoms with E-state index in [4.69, 9.17) is 0 Å². The van der Waals surface area contributed by atoms with Gasteiger partial charge in [-0.15, -0.1) is 0 Å². The third-order valence-electron chi connectivity index (χ3n) is 6.44. The minimum Gasteiger partial charge on any atom is -0.351 e. The van der Waals surface area contributed by atoms with Crippen LogP contribution in [0.15, 0.2) is 24.3 Å². The molecule has 1 aromatic carbocycles. The van der Waals surface area contributed by atoms with Gasteiger partial charge in [-0.2, -0.15) is 0 Å². The second kappa shape index (κ2) is 8.60. The minimum absolute atomic E-state index is 0.0678. The highest BCUT2D eigenvalue weighted by Crippen LogP contribution is 2.33. The Hall–Kier alpha value is -1.95. The highest BCUT2D eigenvalue weighted by Gasteiger charge is 2.39. The maximum atomic E-state index is 13.1. The van der Waals surface area contributed by atoms with Gasteiger partial charge >= 0.3 is 0 Å². The lowest BCUT2D eigenvalue weighted by atomic mass is 9.95. The number of benzene rings is 1. The topological polar surface area (TPSA) is 52.7 Å². The molecule has 0 radical (unpaired) electrons. The zero-order valence-corrected chi connectivity index (χ0v) is 16.4. The van der Waals surface area contributed by atoms with E-state index in [0.717, 1.165) is 57.4 Å². The summed E-state index contributed by atoms with van der Waals surface area (Å²) in [4.78, 5) is 29.7. The van der Waals surface area contributed by atoms with Gasteiger partial charge in [-0.25, -0.2) is 4.39 Å². The molecule has 1 saturated heterocycles. The molecule has 0 spiro atoms. The fourth-order valence-electron chi connectivity index (χ4n) is 4.66. The molecule has 1 atom stereocenters. The molecule has 4 rings (SSSR count). The molecule has 5 nitrogen and oxygen atoms in total. The van der Waals surface area contributed by atoms with Crippen LogP contribution in [0.25, 0.3) is 0 Å². The molecule has 2 amide bonds. The molecule has 0 aromatic heterocycles. The molecule has 3 fully saturated rings. The van der Waals surface area contributed by atoms with E-state index in [1.54, 1.807) is 12.1 Å². The molecule has 28 heavy (non-hydrogen) atoms. The predicted molar refractivity (Wildman–Crippen MR) is 105 cm³/mol. The van der Waals surface area contributed by atoms with Gasteiger partial charge in [0.1, 0.15) is 5.82 Å². The van der Waals surface area contributed by atoms with Crippen molar-refractivity contribution < 1.29 is 14.0 Å². The number of halogens is 1. The van der Waals surface area contributed by atoms with Gasteiger partial charge in [0.25, 0.3) is 0 Å². The summed E-state index contributed by atoms with van der Waals surface area (Å²) in [6, 6.07) is 6.14. The predicted octanol–water partition coefficient (Wildman–Crippen LogP) is 2.55. The van der Waals surface area contributed by atoms with Crippen molar-refractivity contribution in [3.8, 4) is 0 Å². The van der Waals surface area contributed by atoms with E-state index in [1.807, 2.05) is 4.90 Å². The molecular formula is C22H30FN3O2. The molecule has 2 saturated carbocycles. The average Bonchev–Trinajstić information content (AvgIpc) is 3.44. The van der Waals surface area contributed by atoms with E-state index in [9.17, 15) is 14.0 Å². The summed E-state index contributed by atoms with van der Waals surface area (Å²) in [7, 11) is 0. The van der Waals surface area contributed by atoms with E-state index < -0.39 is 0 Å². The lowest BCUT2D eigenvalue weighted by Gasteiger charge is -2.40. The summed E-state index contributed by atoms with van der Waals surface area (Å²) in [5.74, 6) is 0.753. The van der Waals surface area contributed by atoms with Gasteiger partial charge in [0.2, 0.25) is 11.8 Å². The van der Waals surface area contributed by atoms with Crippen molar-refractivity contribution in [2.45, 2.75) is 51.1 Å². The second-order valence-corrected chi connectivity index (χ2v) is 8.47. The molecule has 1 aliphatic heterocycles. The molecular weight excluding hydrogens is 357 g/mol. The summed E-state index contributed by atoms with van der Waals surface area (Å²) >= 11 is 0. The van der Waals surface area contributed by atoms with E-state index >= 15 is 0 Å². The molecule has 2 aliphatic carbocycles. The number of amides is 2. The first-order valence-corrected chi connectivity index (χ1v) is 10.7. The quantitative estimate of drug-likeness (QED) is 0.816. The lowest BCUT2D eigenvalue weighted by Crippen LogP contribution is -2.58. The molecule has 1 N–H and O–H groups in total. The largest absolute Gasteiger partial charge is 0.351 e. The van der Waals surface area contributed by atoms with E-state index in [1.165, 1.54) is 25.0 Å². The number of hydrogen-bond acceptors (Lipinski definition) is 3. The van der Waals surface area contributed by atoms with E-state index in [0.29, 0.717) is 18.4 Å². The third kappa shape index (κ3) is 4.54. The van der Waals surface area contributed by atoms with Crippen LogP contribution in [0.3, 0.4) is 0 Å². The van der Waals surface area contributed by atoms with Crippen LogP contribution in [-0.4, -0.2) is 53.8 Å². The van der Waals surface area contributed by atoms with Crippen LogP contribution in [-0.2, 0) is 16.1 Å². The highest BCUT2D eigenvalue weighted by molar-refractivity contribution is 5.83. The fourth-order valence-corrected chi connectivity index (χ4v) is 4.66. The van der Waals surface area contributed by atoms with Crippen LogP contribution in [0.4, 0.5) is 4.39 Å². The normalized spacial score (nSPS) is 22.2. The van der Waals surface area contributed by atoms with Crippen molar-refractivity contribution in [3.63, 3.8) is 0 Å². The Bertz CT molecular complexity index is 690. The number of hydrogen-bond donors (Lipinski definition) is 1. The molecule has 1 heterocycles. The van der Waals surface area contributed by atoms with Crippen LogP contribution in [0.1, 0.15) is 44.1 Å². The molecule has 3 aliphatic rings. The van der Waals surface area contributed by atoms with E-state index in [-0.39, 0.29) is 23.7 Å². The van der Waals surface area contributed by atoms with Gasteiger partial charge in [-0.1, -0.05) is 25.0 Å². The Kier molecular flexibility index (Phi) is 5.95. The van der Waals surface area contributed by atoms with Crippen LogP contribution in [0.5, 0.6) is 0 Å². The summed E-state index contributed by atoms with van der Waals surface area (Å²) in [6.07, 6.45) is 6.63. The Morgan fingerprint density at radius 1 is 1.00 bits per heavy atom. The van der Waals surface area contributed by atoms with Gasteiger partial charge in [-0.05, 0) is 49.3 Å². The van der Waals surface area contributed by atoms with Crippen molar-refractivity contribution in [1.82, 2.24) is 15.1 Å². The first kappa shape index (κ1) is 19.4. The van der Waals surface area contributed by atoms with Crippen molar-refractivity contribution >= 4 is 11.8 Å². The fraction of sp³-hybridized carbons (Fsp3) is 0.636. The molecule has 0 unspecified atom stereocenters. The Morgan fingerprint density at radius 2 is 1.64 bits per heavy atom. The number of carbonyl (C=O) groups is 2. The molecule has 0 bridgehead atoms. The smallest absolute Gasteiger partial charge is 0.237 e. The maximum absolute atomic E-state index is 13.1. The third-order valence-corrected chi connectivity index (χ3v) is 6.44. The van der Waals surface area contributed by atoms with E-state index in [2.05, 4.69) is 10.2 Å². The zero-order chi connectivity index (χ0) is 19.5. The highest BCUT2D eigenvalue weighted by atomic mass is 19.1. The standard InChI is InChI=1S/C22H30FN3O2/c23-19-9-5-16(6-10-19)15-24-21(27)20(17-3-1-2-4-17)25-11-13-26(14-12-25)22(28)18-7-8-18/h5-6,9-10,17-18,20H,1-4,7-8,11-15H2,(H,24,27)/t20-/m0/s1. The van der Waals surface area contributed by atoms with Crippen molar-refractivity contribution in [2.24, 2.45) is 11.8 Å². The Labute approximate surface area is 166 Å². The van der Waals surface area contributed by atoms with Gasteiger partial charge in [0, 0.05) is 38.6 Å². The van der Waals surface area contributed by atoms with Gasteiger partial charge < -0.3 is 10.2 Å². The van der Waals surface area contributed by atoms with Crippen molar-refractivity contribution in [2.75, 3.05) is 26.2 Å². The summed E-state index contributed by atoms with van der Waals surface area (Å²) in [5, 5.41) is 3.07. The Balaban J connectivity index is 1.36. The molecule has 6 heteroatoms.